The molecule has 1 aliphatic rings. The van der Waals surface area contributed by atoms with Crippen molar-refractivity contribution in [3.05, 3.63) is 77.6 Å². The minimum Gasteiger partial charge on any atom is -0.382 e. The number of aliphatic hydroxyl groups excluding tert-OH is 1. The van der Waals surface area contributed by atoms with Crippen molar-refractivity contribution in [1.82, 2.24) is 19.9 Å². The van der Waals surface area contributed by atoms with Crippen molar-refractivity contribution in [2.24, 2.45) is 0 Å². The summed E-state index contributed by atoms with van der Waals surface area (Å²) in [7, 11) is 0. The fraction of sp³-hybridized carbons (Fsp3) is 0.308. The summed E-state index contributed by atoms with van der Waals surface area (Å²) in [5, 5.41) is 11.4. The molecular formula is C26H25F4N5O2. The maximum absolute atomic E-state index is 14.9. The molecule has 1 saturated heterocycles. The molecule has 3 heterocycles. The molecule has 2 aromatic heterocycles. The van der Waals surface area contributed by atoms with E-state index in [0.717, 1.165) is 31.8 Å². The molecule has 0 spiro atoms. The van der Waals surface area contributed by atoms with Crippen LogP contribution in [0.15, 0.2) is 49.1 Å². The minimum absolute atomic E-state index is 0.0681. The zero-order valence-corrected chi connectivity index (χ0v) is 20.2. The van der Waals surface area contributed by atoms with Crippen molar-refractivity contribution in [2.45, 2.75) is 26.4 Å². The van der Waals surface area contributed by atoms with E-state index >= 15 is 0 Å². The lowest BCUT2D eigenvalue weighted by Gasteiger charge is -2.29. The van der Waals surface area contributed by atoms with Crippen LogP contribution in [0.3, 0.4) is 0 Å². The topological polar surface area (TPSA) is 84.3 Å². The molecule has 0 aliphatic carbocycles. The van der Waals surface area contributed by atoms with Crippen LogP contribution in [0.25, 0.3) is 22.2 Å². The molecule has 194 valence electrons. The first kappa shape index (κ1) is 26.4. The van der Waals surface area contributed by atoms with Crippen molar-refractivity contribution in [2.75, 3.05) is 31.2 Å². The molecule has 0 amide bonds. The van der Waals surface area contributed by atoms with Gasteiger partial charge in [-0.3, -0.25) is 9.97 Å². The third-order valence-electron chi connectivity index (χ3n) is 5.81. The predicted octanol–water partition coefficient (Wildman–Crippen LogP) is 4.86. The number of aryl methyl sites for hydroxylation is 1. The molecule has 11 heteroatoms. The predicted molar refractivity (Wildman–Crippen MR) is 130 cm³/mol. The first-order valence-electron chi connectivity index (χ1n) is 11.6. The first-order valence-corrected chi connectivity index (χ1v) is 11.6. The number of fused-ring (bicyclic) bond motifs is 1. The van der Waals surface area contributed by atoms with Gasteiger partial charge in [0.1, 0.15) is 24.1 Å². The summed E-state index contributed by atoms with van der Waals surface area (Å²) >= 11 is 0. The number of hydrogen-bond acceptors (Lipinski definition) is 7. The number of rotatable bonds is 4. The lowest BCUT2D eigenvalue weighted by atomic mass is 9.98. The number of halogens is 4. The Morgan fingerprint density at radius 3 is 2.35 bits per heavy atom. The number of aromatic nitrogens is 4. The van der Waals surface area contributed by atoms with Gasteiger partial charge in [0.15, 0.2) is 0 Å². The average Bonchev–Trinajstić information content (AvgIpc) is 2.88. The van der Waals surface area contributed by atoms with Crippen LogP contribution in [0.2, 0.25) is 0 Å². The molecule has 0 radical (unpaired) electrons. The largest absolute Gasteiger partial charge is 0.382 e. The molecular weight excluding hydrogens is 490 g/mol. The van der Waals surface area contributed by atoms with Gasteiger partial charge >= 0.3 is 0 Å². The number of ether oxygens (including phenoxy) is 1. The average molecular weight is 516 g/mol. The third kappa shape index (κ3) is 6.00. The van der Waals surface area contributed by atoms with Gasteiger partial charge in [-0.2, -0.15) is 0 Å². The maximum atomic E-state index is 14.9. The second-order valence-electron chi connectivity index (χ2n) is 8.33. The molecule has 1 N–H and O–H groups in total. The second kappa shape index (κ2) is 11.6. The van der Waals surface area contributed by atoms with Crippen LogP contribution >= 0.6 is 0 Å². The van der Waals surface area contributed by atoms with Gasteiger partial charge < -0.3 is 14.7 Å². The van der Waals surface area contributed by atoms with E-state index in [0.29, 0.717) is 35.5 Å². The second-order valence-corrected chi connectivity index (χ2v) is 8.33. The number of morpholine rings is 1. The van der Waals surface area contributed by atoms with Crippen LogP contribution in [-0.2, 0) is 4.74 Å². The summed E-state index contributed by atoms with van der Waals surface area (Å²) in [5.74, 6) is -1.65. The monoisotopic (exact) mass is 515 g/mol. The van der Waals surface area contributed by atoms with Crippen LogP contribution in [0.4, 0.5) is 23.2 Å². The molecule has 1 unspecified atom stereocenters. The lowest BCUT2D eigenvalue weighted by molar-refractivity contribution is 0.122. The third-order valence-corrected chi connectivity index (χ3v) is 5.81. The Morgan fingerprint density at radius 1 is 0.946 bits per heavy atom. The Morgan fingerprint density at radius 2 is 1.65 bits per heavy atom. The van der Waals surface area contributed by atoms with Gasteiger partial charge in [0.25, 0.3) is 0 Å². The van der Waals surface area contributed by atoms with Crippen molar-refractivity contribution < 1.29 is 27.4 Å². The van der Waals surface area contributed by atoms with Crippen molar-refractivity contribution in [1.29, 1.82) is 0 Å². The fourth-order valence-corrected chi connectivity index (χ4v) is 4.07. The van der Waals surface area contributed by atoms with Crippen LogP contribution < -0.4 is 4.90 Å². The number of benzene rings is 2. The van der Waals surface area contributed by atoms with Gasteiger partial charge in [-0.25, -0.2) is 27.5 Å². The van der Waals surface area contributed by atoms with Gasteiger partial charge in [0, 0.05) is 53.8 Å². The number of alkyl halides is 2. The SMILES string of the molecule is CC(F)F.Cc1nccnc1C(O)c1cc(-c2ncnc3cc(N4CCOCC4)ccc23)c(F)cc1F. The lowest BCUT2D eigenvalue weighted by Crippen LogP contribution is -2.36. The van der Waals surface area contributed by atoms with E-state index in [4.69, 9.17) is 4.74 Å². The smallest absolute Gasteiger partial charge is 0.235 e. The van der Waals surface area contributed by atoms with Crippen LogP contribution in [0, 0.1) is 18.6 Å². The summed E-state index contributed by atoms with van der Waals surface area (Å²) < 4.78 is 55.7. The highest BCUT2D eigenvalue weighted by Crippen LogP contribution is 2.34. The quantitative estimate of drug-likeness (QED) is 0.389. The summed E-state index contributed by atoms with van der Waals surface area (Å²) in [6.07, 6.45) is 0.680. The fourth-order valence-electron chi connectivity index (χ4n) is 4.07. The van der Waals surface area contributed by atoms with E-state index < -0.39 is 24.2 Å². The Labute approximate surface area is 210 Å². The minimum atomic E-state index is -2.17. The molecule has 1 fully saturated rings. The van der Waals surface area contributed by atoms with Crippen molar-refractivity contribution in [3.63, 3.8) is 0 Å². The summed E-state index contributed by atoms with van der Waals surface area (Å²) in [5.41, 5.74) is 2.57. The standard InChI is InChI=1S/C24H21F2N5O2.C2H4F2/c1-14-22(28-5-4-27-14)24(32)18-11-17(19(25)12-20(18)26)23-16-3-2-15(10-21(16)29-13-30-23)31-6-8-33-9-7-31;1-2(3)4/h2-5,10-13,24,32H,6-9H2,1H3;2H,1H3. The molecule has 37 heavy (non-hydrogen) atoms. The highest BCUT2D eigenvalue weighted by molar-refractivity contribution is 5.94. The Kier molecular flexibility index (Phi) is 8.24. The van der Waals surface area contributed by atoms with Crippen molar-refractivity contribution >= 4 is 16.6 Å². The van der Waals surface area contributed by atoms with Gasteiger partial charge in [-0.15, -0.1) is 0 Å². The number of hydrogen-bond donors (Lipinski definition) is 1. The van der Waals surface area contributed by atoms with Gasteiger partial charge in [-0.1, -0.05) is 0 Å². The van der Waals surface area contributed by atoms with E-state index in [2.05, 4.69) is 24.8 Å². The first-order chi connectivity index (χ1) is 17.8. The van der Waals surface area contributed by atoms with Gasteiger partial charge in [0.05, 0.1) is 35.8 Å². The zero-order chi connectivity index (χ0) is 26.5. The molecule has 2 aromatic carbocycles. The molecule has 0 saturated carbocycles. The zero-order valence-electron chi connectivity index (χ0n) is 20.2. The maximum Gasteiger partial charge on any atom is 0.235 e. The Hall–Kier alpha value is -3.70. The molecule has 1 atom stereocenters. The summed E-state index contributed by atoms with van der Waals surface area (Å²) in [6.45, 7) is 5.37. The van der Waals surface area contributed by atoms with E-state index in [1.165, 1.54) is 24.8 Å². The molecule has 4 aromatic rings. The molecule has 7 nitrogen and oxygen atoms in total. The van der Waals surface area contributed by atoms with Gasteiger partial charge in [-0.05, 0) is 38.1 Å². The summed E-state index contributed by atoms with van der Waals surface area (Å²) in [4.78, 5) is 19.0. The van der Waals surface area contributed by atoms with Crippen LogP contribution in [-0.4, -0.2) is 57.8 Å². The van der Waals surface area contributed by atoms with E-state index in [1.54, 1.807) is 6.92 Å². The number of aliphatic hydroxyl groups is 1. The highest BCUT2D eigenvalue weighted by atomic mass is 19.3. The number of nitrogens with zero attached hydrogens (tertiary/aromatic N) is 5. The van der Waals surface area contributed by atoms with Crippen molar-refractivity contribution in [3.8, 4) is 11.3 Å². The van der Waals surface area contributed by atoms with Crippen LogP contribution in [0.1, 0.15) is 30.0 Å². The molecule has 1 aliphatic heterocycles. The molecule has 0 bridgehead atoms. The van der Waals surface area contributed by atoms with Gasteiger partial charge in [0.2, 0.25) is 6.43 Å². The van der Waals surface area contributed by atoms with E-state index in [1.807, 2.05) is 18.2 Å². The Balaban J connectivity index is 0.000000747. The van der Waals surface area contributed by atoms with E-state index in [-0.39, 0.29) is 16.8 Å². The van der Waals surface area contributed by atoms with Crippen LogP contribution in [0.5, 0.6) is 0 Å². The van der Waals surface area contributed by atoms with E-state index in [9.17, 15) is 22.7 Å². The summed E-state index contributed by atoms with van der Waals surface area (Å²) in [6, 6.07) is 7.73. The normalized spacial score (nSPS) is 14.4. The highest BCUT2D eigenvalue weighted by Gasteiger charge is 2.23. The molecule has 5 rings (SSSR count). The number of anilines is 1. The Bertz CT molecular complexity index is 1380.